The minimum Gasteiger partial charge on any atom is -0.321 e. The maximum atomic E-state index is 6.46. The van der Waals surface area contributed by atoms with Gasteiger partial charge in [0.05, 0.1) is 6.04 Å². The summed E-state index contributed by atoms with van der Waals surface area (Å²) in [6.45, 7) is 1.99. The number of hydrogen-bond donors (Lipinski definition) is 1. The zero-order chi connectivity index (χ0) is 13.9. The average Bonchev–Trinajstić information content (AvgIpc) is 2.67. The minimum absolute atomic E-state index is 0.0196. The van der Waals surface area contributed by atoms with Gasteiger partial charge in [-0.1, -0.05) is 0 Å². The number of nitrogens with two attached hydrogens (primary N) is 1. The molecule has 20 heavy (non-hydrogen) atoms. The predicted molar refractivity (Wildman–Crippen MR) is 77.9 cm³/mol. The van der Waals surface area contributed by atoms with Crippen molar-refractivity contribution in [3.05, 3.63) is 11.6 Å². The Morgan fingerprint density at radius 2 is 1.75 bits per heavy atom. The van der Waals surface area contributed by atoms with Crippen LogP contribution in [0.25, 0.3) is 0 Å². The summed E-state index contributed by atoms with van der Waals surface area (Å²) in [4.78, 5) is 4.54. The van der Waals surface area contributed by atoms with Gasteiger partial charge in [-0.3, -0.25) is 4.68 Å². The molecule has 4 fully saturated rings. The third-order valence-electron chi connectivity index (χ3n) is 6.15. The Balaban J connectivity index is 1.53. The van der Waals surface area contributed by atoms with Crippen LogP contribution in [0.2, 0.25) is 0 Å². The van der Waals surface area contributed by atoms with Gasteiger partial charge in [-0.15, -0.1) is 0 Å². The lowest BCUT2D eigenvalue weighted by molar-refractivity contribution is -0.0608. The molecular formula is C16H26N4. The van der Waals surface area contributed by atoms with E-state index in [0.29, 0.717) is 5.41 Å². The summed E-state index contributed by atoms with van der Waals surface area (Å²) in [5.41, 5.74) is 6.98. The van der Waals surface area contributed by atoms with Crippen molar-refractivity contribution in [1.29, 1.82) is 0 Å². The zero-order valence-electron chi connectivity index (χ0n) is 12.7. The van der Waals surface area contributed by atoms with Crippen LogP contribution in [0.5, 0.6) is 0 Å². The van der Waals surface area contributed by atoms with E-state index in [-0.39, 0.29) is 6.04 Å². The van der Waals surface area contributed by atoms with Gasteiger partial charge in [0.15, 0.2) is 5.82 Å². The number of hydrogen-bond acceptors (Lipinski definition) is 3. The summed E-state index contributed by atoms with van der Waals surface area (Å²) in [5.74, 6) is 4.78. The van der Waals surface area contributed by atoms with E-state index in [0.717, 1.165) is 35.8 Å². The lowest BCUT2D eigenvalue weighted by Crippen LogP contribution is -2.47. The van der Waals surface area contributed by atoms with Crippen molar-refractivity contribution >= 4 is 0 Å². The van der Waals surface area contributed by atoms with E-state index >= 15 is 0 Å². The SMILES string of the molecule is Cc1nc(C(N)CC23CC4CC(CC(C4)C2)C3)nn1C. The van der Waals surface area contributed by atoms with E-state index in [9.17, 15) is 0 Å². The predicted octanol–water partition coefficient (Wildman–Crippen LogP) is 2.73. The third kappa shape index (κ3) is 2.00. The molecule has 4 heteroatoms. The largest absolute Gasteiger partial charge is 0.321 e. The van der Waals surface area contributed by atoms with Gasteiger partial charge in [0.1, 0.15) is 5.82 Å². The average molecular weight is 274 g/mol. The van der Waals surface area contributed by atoms with Crippen LogP contribution in [-0.2, 0) is 7.05 Å². The lowest BCUT2D eigenvalue weighted by atomic mass is 9.48. The number of nitrogens with zero attached hydrogens (tertiary/aromatic N) is 3. The molecule has 0 aliphatic heterocycles. The molecule has 1 aromatic heterocycles. The van der Waals surface area contributed by atoms with Crippen LogP contribution >= 0.6 is 0 Å². The molecule has 1 aromatic rings. The number of aromatic nitrogens is 3. The first-order valence-corrected chi connectivity index (χ1v) is 8.16. The molecule has 4 saturated carbocycles. The molecule has 1 atom stereocenters. The molecule has 4 aliphatic rings. The molecule has 2 N–H and O–H groups in total. The second-order valence-corrected chi connectivity index (χ2v) is 7.87. The summed E-state index contributed by atoms with van der Waals surface area (Å²) >= 11 is 0. The molecule has 0 amide bonds. The number of rotatable bonds is 3. The van der Waals surface area contributed by atoms with Gasteiger partial charge in [0.25, 0.3) is 0 Å². The Bertz CT molecular complexity index is 464. The van der Waals surface area contributed by atoms with Gasteiger partial charge in [-0.05, 0) is 75.0 Å². The molecule has 4 bridgehead atoms. The molecular weight excluding hydrogens is 248 g/mol. The Labute approximate surface area is 121 Å². The number of aryl methyl sites for hydroxylation is 2. The van der Waals surface area contributed by atoms with Crippen molar-refractivity contribution in [1.82, 2.24) is 14.8 Å². The van der Waals surface area contributed by atoms with Crippen molar-refractivity contribution in [3.8, 4) is 0 Å². The van der Waals surface area contributed by atoms with Crippen LogP contribution in [-0.4, -0.2) is 14.8 Å². The van der Waals surface area contributed by atoms with Gasteiger partial charge in [-0.25, -0.2) is 4.98 Å². The van der Waals surface area contributed by atoms with E-state index in [1.165, 1.54) is 38.5 Å². The topological polar surface area (TPSA) is 56.7 Å². The standard InChI is InChI=1S/C16H26N4/c1-10-18-15(19-20(10)2)14(17)9-16-6-11-3-12(7-16)5-13(4-11)8-16/h11-14H,3-9,17H2,1-2H3. The second-order valence-electron chi connectivity index (χ2n) is 7.87. The highest BCUT2D eigenvalue weighted by Crippen LogP contribution is 2.62. The van der Waals surface area contributed by atoms with Crippen molar-refractivity contribution in [3.63, 3.8) is 0 Å². The fourth-order valence-corrected chi connectivity index (χ4v) is 5.74. The van der Waals surface area contributed by atoms with Gasteiger partial charge in [0.2, 0.25) is 0 Å². The van der Waals surface area contributed by atoms with Crippen molar-refractivity contribution in [2.24, 2.45) is 36.0 Å². The van der Waals surface area contributed by atoms with Crippen LogP contribution in [0, 0.1) is 30.1 Å². The highest BCUT2D eigenvalue weighted by Gasteiger charge is 2.51. The first-order chi connectivity index (χ1) is 9.53. The summed E-state index contributed by atoms with van der Waals surface area (Å²) in [5, 5.41) is 4.49. The Morgan fingerprint density at radius 1 is 1.20 bits per heavy atom. The molecule has 5 rings (SSSR count). The summed E-state index contributed by atoms with van der Waals surface area (Å²) in [6.07, 6.45) is 9.83. The van der Waals surface area contributed by atoms with Crippen molar-refractivity contribution in [2.75, 3.05) is 0 Å². The van der Waals surface area contributed by atoms with Crippen LogP contribution in [0.15, 0.2) is 0 Å². The summed E-state index contributed by atoms with van der Waals surface area (Å²) in [7, 11) is 1.95. The highest BCUT2D eigenvalue weighted by molar-refractivity contribution is 5.05. The first-order valence-electron chi connectivity index (χ1n) is 8.16. The third-order valence-corrected chi connectivity index (χ3v) is 6.15. The van der Waals surface area contributed by atoms with Crippen molar-refractivity contribution < 1.29 is 0 Å². The van der Waals surface area contributed by atoms with E-state index < -0.39 is 0 Å². The first kappa shape index (κ1) is 12.8. The molecule has 1 heterocycles. The van der Waals surface area contributed by atoms with E-state index in [1.807, 2.05) is 18.7 Å². The molecule has 110 valence electrons. The molecule has 0 aromatic carbocycles. The Hall–Kier alpha value is -0.900. The summed E-state index contributed by atoms with van der Waals surface area (Å²) in [6, 6.07) is 0.0196. The van der Waals surface area contributed by atoms with Crippen molar-refractivity contribution in [2.45, 2.75) is 57.9 Å². The van der Waals surface area contributed by atoms with Crippen LogP contribution < -0.4 is 5.73 Å². The molecule has 4 nitrogen and oxygen atoms in total. The quantitative estimate of drug-likeness (QED) is 0.922. The molecule has 0 saturated heterocycles. The van der Waals surface area contributed by atoms with Gasteiger partial charge < -0.3 is 5.73 Å². The fraction of sp³-hybridized carbons (Fsp3) is 0.875. The molecule has 1 unspecified atom stereocenters. The fourth-order valence-electron chi connectivity index (χ4n) is 5.74. The highest BCUT2D eigenvalue weighted by atomic mass is 15.3. The maximum Gasteiger partial charge on any atom is 0.167 e. The zero-order valence-corrected chi connectivity index (χ0v) is 12.7. The monoisotopic (exact) mass is 274 g/mol. The maximum absolute atomic E-state index is 6.46. The Morgan fingerprint density at radius 3 is 2.20 bits per heavy atom. The van der Waals surface area contributed by atoms with E-state index in [4.69, 9.17) is 5.73 Å². The molecule has 0 spiro atoms. The normalized spacial score (nSPS) is 40.2. The van der Waals surface area contributed by atoms with Crippen LogP contribution in [0.4, 0.5) is 0 Å². The minimum atomic E-state index is 0.0196. The lowest BCUT2D eigenvalue weighted by Gasteiger charge is -2.57. The van der Waals surface area contributed by atoms with E-state index in [1.54, 1.807) is 0 Å². The molecule has 0 radical (unpaired) electrons. The van der Waals surface area contributed by atoms with E-state index in [2.05, 4.69) is 10.1 Å². The van der Waals surface area contributed by atoms with Gasteiger partial charge >= 0.3 is 0 Å². The smallest absolute Gasteiger partial charge is 0.167 e. The van der Waals surface area contributed by atoms with Crippen LogP contribution in [0.3, 0.4) is 0 Å². The summed E-state index contributed by atoms with van der Waals surface area (Å²) < 4.78 is 1.84. The second kappa shape index (κ2) is 4.30. The van der Waals surface area contributed by atoms with Crippen LogP contribution in [0.1, 0.15) is 62.6 Å². The Kier molecular flexibility index (Phi) is 2.75. The van der Waals surface area contributed by atoms with Gasteiger partial charge in [0, 0.05) is 7.05 Å². The van der Waals surface area contributed by atoms with Gasteiger partial charge in [-0.2, -0.15) is 5.10 Å². The molecule has 4 aliphatic carbocycles.